The van der Waals surface area contributed by atoms with E-state index in [0.29, 0.717) is 18.4 Å². The summed E-state index contributed by atoms with van der Waals surface area (Å²) in [6, 6.07) is 2.61. The summed E-state index contributed by atoms with van der Waals surface area (Å²) in [5.74, 6) is -1.99. The van der Waals surface area contributed by atoms with Crippen LogP contribution in [0.15, 0.2) is 12.1 Å². The zero-order chi connectivity index (χ0) is 12.1. The zero-order valence-electron chi connectivity index (χ0n) is 8.86. The average Bonchev–Trinajstić information content (AvgIpc) is 2.22. The molecule has 1 aromatic carbocycles. The second-order valence-electron chi connectivity index (χ2n) is 3.34. The number of carboxylic acid groups (broad SMARTS) is 1. The Morgan fingerprint density at radius 1 is 1.50 bits per heavy atom. The summed E-state index contributed by atoms with van der Waals surface area (Å²) in [6.45, 7) is 0. The van der Waals surface area contributed by atoms with Crippen molar-refractivity contribution in [3.63, 3.8) is 0 Å². The van der Waals surface area contributed by atoms with Crippen molar-refractivity contribution in [2.45, 2.75) is 19.3 Å². The largest absolute Gasteiger partial charge is 0.504 e. The molecular formula is C11H13FO4. The van der Waals surface area contributed by atoms with E-state index in [2.05, 4.69) is 0 Å². The van der Waals surface area contributed by atoms with Gasteiger partial charge in [-0.25, -0.2) is 4.39 Å². The number of aromatic hydroxyl groups is 1. The first-order chi connectivity index (χ1) is 7.56. The van der Waals surface area contributed by atoms with Gasteiger partial charge in [-0.15, -0.1) is 0 Å². The highest BCUT2D eigenvalue weighted by atomic mass is 19.1. The SMILES string of the molecule is COc1c(F)ccc(CCCC(=O)O)c1O. The molecule has 16 heavy (non-hydrogen) atoms. The van der Waals surface area contributed by atoms with E-state index in [1.807, 2.05) is 0 Å². The van der Waals surface area contributed by atoms with Crippen molar-refractivity contribution >= 4 is 5.97 Å². The smallest absolute Gasteiger partial charge is 0.303 e. The molecule has 1 aromatic rings. The van der Waals surface area contributed by atoms with Crippen LogP contribution in [-0.2, 0) is 11.2 Å². The number of carboxylic acids is 1. The molecule has 0 heterocycles. The lowest BCUT2D eigenvalue weighted by Gasteiger charge is -2.09. The van der Waals surface area contributed by atoms with Crippen LogP contribution in [0.5, 0.6) is 11.5 Å². The summed E-state index contributed by atoms with van der Waals surface area (Å²) >= 11 is 0. The maximum absolute atomic E-state index is 13.1. The van der Waals surface area contributed by atoms with Gasteiger partial charge in [0.25, 0.3) is 0 Å². The molecule has 0 saturated heterocycles. The molecule has 0 atom stereocenters. The summed E-state index contributed by atoms with van der Waals surface area (Å²) in [6.07, 6.45) is 0.769. The third-order valence-electron chi connectivity index (χ3n) is 2.21. The lowest BCUT2D eigenvalue weighted by atomic mass is 10.1. The molecule has 0 amide bonds. The highest BCUT2D eigenvalue weighted by molar-refractivity contribution is 5.66. The molecule has 0 unspecified atom stereocenters. The average molecular weight is 228 g/mol. The quantitative estimate of drug-likeness (QED) is 0.808. The molecule has 2 N–H and O–H groups in total. The lowest BCUT2D eigenvalue weighted by molar-refractivity contribution is -0.137. The number of benzene rings is 1. The number of halogens is 1. The third kappa shape index (κ3) is 2.85. The molecule has 4 nitrogen and oxygen atoms in total. The van der Waals surface area contributed by atoms with E-state index in [1.54, 1.807) is 0 Å². The van der Waals surface area contributed by atoms with E-state index in [9.17, 15) is 14.3 Å². The predicted octanol–water partition coefficient (Wildman–Crippen LogP) is 1.95. The zero-order valence-corrected chi connectivity index (χ0v) is 8.86. The van der Waals surface area contributed by atoms with Crippen LogP contribution in [0.3, 0.4) is 0 Å². The Morgan fingerprint density at radius 3 is 2.75 bits per heavy atom. The lowest BCUT2D eigenvalue weighted by Crippen LogP contribution is -1.97. The van der Waals surface area contributed by atoms with Crippen molar-refractivity contribution in [2.75, 3.05) is 7.11 Å². The Bertz CT molecular complexity index is 390. The van der Waals surface area contributed by atoms with Gasteiger partial charge in [-0.05, 0) is 24.5 Å². The van der Waals surface area contributed by atoms with Crippen LogP contribution in [0.1, 0.15) is 18.4 Å². The van der Waals surface area contributed by atoms with Crippen molar-refractivity contribution < 1.29 is 24.1 Å². The van der Waals surface area contributed by atoms with E-state index in [0.717, 1.165) is 0 Å². The summed E-state index contributed by atoms with van der Waals surface area (Å²) in [5, 5.41) is 18.1. The van der Waals surface area contributed by atoms with Crippen LogP contribution in [0.25, 0.3) is 0 Å². The maximum Gasteiger partial charge on any atom is 0.303 e. The number of phenolic OH excluding ortho intramolecular Hbond substituents is 1. The molecular weight excluding hydrogens is 215 g/mol. The minimum absolute atomic E-state index is 0.0130. The molecule has 0 bridgehead atoms. The minimum Gasteiger partial charge on any atom is -0.504 e. The highest BCUT2D eigenvalue weighted by Gasteiger charge is 2.13. The molecule has 0 fully saturated rings. The van der Waals surface area contributed by atoms with E-state index >= 15 is 0 Å². The van der Waals surface area contributed by atoms with E-state index in [4.69, 9.17) is 9.84 Å². The van der Waals surface area contributed by atoms with Crippen molar-refractivity contribution in [1.82, 2.24) is 0 Å². The third-order valence-corrected chi connectivity index (χ3v) is 2.21. The fourth-order valence-corrected chi connectivity index (χ4v) is 1.41. The van der Waals surface area contributed by atoms with E-state index in [1.165, 1.54) is 19.2 Å². The number of rotatable bonds is 5. The molecule has 0 aliphatic rings. The summed E-state index contributed by atoms with van der Waals surface area (Å²) in [7, 11) is 1.26. The first-order valence-electron chi connectivity index (χ1n) is 4.82. The Kier molecular flexibility index (Phi) is 4.10. The Hall–Kier alpha value is -1.78. The molecule has 88 valence electrons. The molecule has 0 radical (unpaired) electrons. The minimum atomic E-state index is -0.895. The van der Waals surface area contributed by atoms with Gasteiger partial charge in [-0.1, -0.05) is 6.07 Å². The Balaban J connectivity index is 2.77. The highest BCUT2D eigenvalue weighted by Crippen LogP contribution is 2.33. The first-order valence-corrected chi connectivity index (χ1v) is 4.82. The van der Waals surface area contributed by atoms with Crippen LogP contribution in [0.2, 0.25) is 0 Å². The van der Waals surface area contributed by atoms with Gasteiger partial charge in [-0.3, -0.25) is 4.79 Å². The number of aliphatic carboxylic acids is 1. The molecule has 0 aliphatic carbocycles. The van der Waals surface area contributed by atoms with Crippen molar-refractivity contribution in [2.24, 2.45) is 0 Å². The Labute approximate surface area is 92.3 Å². The van der Waals surface area contributed by atoms with Crippen LogP contribution >= 0.6 is 0 Å². The van der Waals surface area contributed by atoms with Gasteiger partial charge >= 0.3 is 5.97 Å². The van der Waals surface area contributed by atoms with Gasteiger partial charge in [-0.2, -0.15) is 0 Å². The van der Waals surface area contributed by atoms with Crippen molar-refractivity contribution in [1.29, 1.82) is 0 Å². The van der Waals surface area contributed by atoms with Crippen LogP contribution in [-0.4, -0.2) is 23.3 Å². The van der Waals surface area contributed by atoms with Gasteiger partial charge in [0.1, 0.15) is 0 Å². The Morgan fingerprint density at radius 2 is 2.19 bits per heavy atom. The van der Waals surface area contributed by atoms with Crippen LogP contribution < -0.4 is 4.74 Å². The number of carbonyl (C=O) groups is 1. The van der Waals surface area contributed by atoms with Gasteiger partial charge in [0.05, 0.1) is 7.11 Å². The van der Waals surface area contributed by atoms with Gasteiger partial charge < -0.3 is 14.9 Å². The fourth-order valence-electron chi connectivity index (χ4n) is 1.41. The maximum atomic E-state index is 13.1. The van der Waals surface area contributed by atoms with E-state index < -0.39 is 11.8 Å². The number of hydrogen-bond acceptors (Lipinski definition) is 3. The van der Waals surface area contributed by atoms with Crippen molar-refractivity contribution in [3.05, 3.63) is 23.5 Å². The molecule has 0 aliphatic heterocycles. The number of aryl methyl sites for hydroxylation is 1. The molecule has 0 saturated carbocycles. The second-order valence-corrected chi connectivity index (χ2v) is 3.34. The first kappa shape index (κ1) is 12.3. The summed E-state index contributed by atoms with van der Waals surface area (Å²) in [4.78, 5) is 10.3. The second kappa shape index (κ2) is 5.34. The van der Waals surface area contributed by atoms with E-state index in [-0.39, 0.29) is 17.9 Å². The molecule has 1 rings (SSSR count). The van der Waals surface area contributed by atoms with Gasteiger partial charge in [0, 0.05) is 6.42 Å². The predicted molar refractivity (Wildman–Crippen MR) is 55.2 cm³/mol. The topological polar surface area (TPSA) is 66.8 Å². The van der Waals surface area contributed by atoms with Crippen LogP contribution in [0, 0.1) is 5.82 Å². The number of methoxy groups -OCH3 is 1. The van der Waals surface area contributed by atoms with Crippen molar-refractivity contribution in [3.8, 4) is 11.5 Å². The summed E-state index contributed by atoms with van der Waals surface area (Å²) < 4.78 is 17.8. The number of ether oxygens (including phenoxy) is 1. The van der Waals surface area contributed by atoms with Crippen LogP contribution in [0.4, 0.5) is 4.39 Å². The molecule has 0 aromatic heterocycles. The normalized spacial score (nSPS) is 10.1. The summed E-state index contributed by atoms with van der Waals surface area (Å²) in [5.41, 5.74) is 0.486. The van der Waals surface area contributed by atoms with Gasteiger partial charge in [0.15, 0.2) is 17.3 Å². The number of phenols is 1. The monoisotopic (exact) mass is 228 g/mol. The standard InChI is InChI=1S/C11H13FO4/c1-16-11-8(12)6-5-7(10(11)15)3-2-4-9(13)14/h5-6,15H,2-4H2,1H3,(H,13,14). The van der Waals surface area contributed by atoms with Gasteiger partial charge in [0.2, 0.25) is 0 Å². The molecule has 5 heteroatoms. The fraction of sp³-hybridized carbons (Fsp3) is 0.364. The number of hydrogen-bond donors (Lipinski definition) is 2. The molecule has 0 spiro atoms.